The Morgan fingerprint density at radius 1 is 1.33 bits per heavy atom. The van der Waals surface area contributed by atoms with Gasteiger partial charge in [-0.25, -0.2) is 13.1 Å². The van der Waals surface area contributed by atoms with Crippen LogP contribution in [0.5, 0.6) is 0 Å². The predicted molar refractivity (Wildman–Crippen MR) is 74.5 cm³/mol. The second kappa shape index (κ2) is 6.14. The molecule has 1 aliphatic carbocycles. The van der Waals surface area contributed by atoms with Crippen molar-refractivity contribution in [3.63, 3.8) is 0 Å². The van der Waals surface area contributed by atoms with Crippen molar-refractivity contribution in [2.24, 2.45) is 5.92 Å². The molecule has 4 nitrogen and oxygen atoms in total. The Labute approximate surface area is 113 Å². The molecule has 1 heterocycles. The molecule has 1 saturated carbocycles. The monoisotopic (exact) mass is 288 g/mol. The van der Waals surface area contributed by atoms with Gasteiger partial charge in [0.25, 0.3) is 0 Å². The van der Waals surface area contributed by atoms with E-state index in [0.717, 1.165) is 30.2 Å². The van der Waals surface area contributed by atoms with Crippen molar-refractivity contribution >= 4 is 21.4 Å². The van der Waals surface area contributed by atoms with Crippen LogP contribution in [0.2, 0.25) is 0 Å². The second-order valence-electron chi connectivity index (χ2n) is 4.70. The molecule has 18 heavy (non-hydrogen) atoms. The lowest BCUT2D eigenvalue weighted by Crippen LogP contribution is -2.24. The molecule has 0 spiro atoms. The SMILES string of the molecule is CNCCc1ccc(S(=O)(=O)NCCC2CC2)s1. The van der Waals surface area contributed by atoms with E-state index in [9.17, 15) is 8.42 Å². The first-order chi connectivity index (χ1) is 8.62. The van der Waals surface area contributed by atoms with Crippen LogP contribution in [0.4, 0.5) is 0 Å². The zero-order valence-electron chi connectivity index (χ0n) is 10.6. The summed E-state index contributed by atoms with van der Waals surface area (Å²) in [5.41, 5.74) is 0. The maximum Gasteiger partial charge on any atom is 0.250 e. The molecule has 6 heteroatoms. The van der Waals surface area contributed by atoms with E-state index in [1.807, 2.05) is 13.1 Å². The van der Waals surface area contributed by atoms with Gasteiger partial charge >= 0.3 is 0 Å². The molecule has 1 aromatic heterocycles. The molecule has 0 amide bonds. The molecule has 0 radical (unpaired) electrons. The molecule has 0 aromatic carbocycles. The average molecular weight is 288 g/mol. The number of hydrogen-bond acceptors (Lipinski definition) is 4. The average Bonchev–Trinajstić information content (AvgIpc) is 3.02. The largest absolute Gasteiger partial charge is 0.319 e. The second-order valence-corrected chi connectivity index (χ2v) is 7.87. The summed E-state index contributed by atoms with van der Waals surface area (Å²) in [6, 6.07) is 3.60. The molecule has 0 aliphatic heterocycles. The summed E-state index contributed by atoms with van der Waals surface area (Å²) in [5.74, 6) is 0.752. The summed E-state index contributed by atoms with van der Waals surface area (Å²) >= 11 is 1.36. The topological polar surface area (TPSA) is 58.2 Å². The fraction of sp³-hybridized carbons (Fsp3) is 0.667. The van der Waals surface area contributed by atoms with Crippen LogP contribution >= 0.6 is 11.3 Å². The van der Waals surface area contributed by atoms with Crippen molar-refractivity contribution in [1.29, 1.82) is 0 Å². The molecule has 102 valence electrons. The van der Waals surface area contributed by atoms with Gasteiger partial charge in [-0.1, -0.05) is 12.8 Å². The van der Waals surface area contributed by atoms with Crippen LogP contribution in [0.25, 0.3) is 0 Å². The first-order valence-corrected chi connectivity index (χ1v) is 8.65. The van der Waals surface area contributed by atoms with Crippen LogP contribution in [-0.4, -0.2) is 28.6 Å². The summed E-state index contributed by atoms with van der Waals surface area (Å²) in [7, 11) is -1.39. The van der Waals surface area contributed by atoms with E-state index in [2.05, 4.69) is 10.0 Å². The van der Waals surface area contributed by atoms with Crippen molar-refractivity contribution in [2.75, 3.05) is 20.1 Å². The van der Waals surface area contributed by atoms with Crippen LogP contribution in [0.1, 0.15) is 24.1 Å². The predicted octanol–water partition coefficient (Wildman–Crippen LogP) is 1.59. The van der Waals surface area contributed by atoms with Gasteiger partial charge in [0.2, 0.25) is 10.0 Å². The Hall–Kier alpha value is -0.430. The number of thiophene rings is 1. The Balaban J connectivity index is 1.88. The van der Waals surface area contributed by atoms with Gasteiger partial charge in [-0.2, -0.15) is 0 Å². The van der Waals surface area contributed by atoms with E-state index in [1.165, 1.54) is 24.2 Å². The molecule has 2 N–H and O–H groups in total. The third kappa shape index (κ3) is 4.05. The molecule has 1 aliphatic rings. The molecule has 2 rings (SSSR count). The maximum absolute atomic E-state index is 12.0. The van der Waals surface area contributed by atoms with Gasteiger partial charge in [0.05, 0.1) is 0 Å². The zero-order valence-corrected chi connectivity index (χ0v) is 12.2. The molecule has 1 fully saturated rings. The summed E-state index contributed by atoms with van der Waals surface area (Å²) in [4.78, 5) is 1.10. The summed E-state index contributed by atoms with van der Waals surface area (Å²) in [6.07, 6.45) is 4.36. The summed E-state index contributed by atoms with van der Waals surface area (Å²) < 4.78 is 27.1. The van der Waals surface area contributed by atoms with Crippen molar-refractivity contribution < 1.29 is 8.42 Å². The number of hydrogen-bond donors (Lipinski definition) is 2. The fourth-order valence-electron chi connectivity index (χ4n) is 1.76. The Bertz CT molecular complexity index is 478. The minimum atomic E-state index is -3.28. The number of nitrogens with one attached hydrogen (secondary N) is 2. The van der Waals surface area contributed by atoms with E-state index in [-0.39, 0.29) is 0 Å². The normalized spacial score (nSPS) is 16.1. The van der Waals surface area contributed by atoms with Gasteiger partial charge in [0, 0.05) is 11.4 Å². The zero-order chi connectivity index (χ0) is 13.0. The van der Waals surface area contributed by atoms with Crippen LogP contribution in [0.3, 0.4) is 0 Å². The van der Waals surface area contributed by atoms with E-state index in [1.54, 1.807) is 6.07 Å². The van der Waals surface area contributed by atoms with Crippen LogP contribution in [0.15, 0.2) is 16.3 Å². The smallest absolute Gasteiger partial charge is 0.250 e. The third-order valence-electron chi connectivity index (χ3n) is 3.06. The molecular formula is C12H20N2O2S2. The van der Waals surface area contributed by atoms with Gasteiger partial charge in [0.15, 0.2) is 0 Å². The molecule has 1 aromatic rings. The number of rotatable bonds is 8. The molecule has 0 saturated heterocycles. The van der Waals surface area contributed by atoms with Crippen LogP contribution in [0, 0.1) is 5.92 Å². The molecule has 0 unspecified atom stereocenters. The lowest BCUT2D eigenvalue weighted by atomic mass is 10.3. The number of sulfonamides is 1. The van der Waals surface area contributed by atoms with Gasteiger partial charge in [-0.15, -0.1) is 11.3 Å². The van der Waals surface area contributed by atoms with Gasteiger partial charge in [-0.05, 0) is 44.5 Å². The van der Waals surface area contributed by atoms with Gasteiger partial charge < -0.3 is 5.32 Å². The lowest BCUT2D eigenvalue weighted by molar-refractivity contribution is 0.577. The Kier molecular flexibility index (Phi) is 4.77. The highest BCUT2D eigenvalue weighted by molar-refractivity contribution is 7.91. The summed E-state index contributed by atoms with van der Waals surface area (Å²) in [5, 5.41) is 3.06. The number of likely N-dealkylation sites (N-methyl/N-ethyl adjacent to an activating group) is 1. The highest BCUT2D eigenvalue weighted by Gasteiger charge is 2.22. The lowest BCUT2D eigenvalue weighted by Gasteiger charge is -2.03. The highest BCUT2D eigenvalue weighted by Crippen LogP contribution is 2.32. The van der Waals surface area contributed by atoms with E-state index in [4.69, 9.17) is 0 Å². The first-order valence-electron chi connectivity index (χ1n) is 6.35. The van der Waals surface area contributed by atoms with Crippen LogP contribution in [-0.2, 0) is 16.4 Å². The van der Waals surface area contributed by atoms with E-state index >= 15 is 0 Å². The van der Waals surface area contributed by atoms with Gasteiger partial charge in [0.1, 0.15) is 4.21 Å². The summed E-state index contributed by atoms with van der Waals surface area (Å²) in [6.45, 7) is 1.44. The quantitative estimate of drug-likeness (QED) is 0.764. The maximum atomic E-state index is 12.0. The van der Waals surface area contributed by atoms with Crippen molar-refractivity contribution in [1.82, 2.24) is 10.0 Å². The minimum absolute atomic E-state index is 0.435. The fourth-order valence-corrected chi connectivity index (χ4v) is 4.21. The van der Waals surface area contributed by atoms with Crippen molar-refractivity contribution in [3.8, 4) is 0 Å². The van der Waals surface area contributed by atoms with Crippen molar-refractivity contribution in [3.05, 3.63) is 17.0 Å². The van der Waals surface area contributed by atoms with E-state index < -0.39 is 10.0 Å². The minimum Gasteiger partial charge on any atom is -0.319 e. The van der Waals surface area contributed by atoms with Crippen molar-refractivity contribution in [2.45, 2.75) is 29.9 Å². The molecular weight excluding hydrogens is 268 g/mol. The first kappa shape index (κ1) is 14.0. The highest BCUT2D eigenvalue weighted by atomic mass is 32.2. The molecule has 0 bridgehead atoms. The van der Waals surface area contributed by atoms with Gasteiger partial charge in [-0.3, -0.25) is 0 Å². The Morgan fingerprint density at radius 3 is 2.78 bits per heavy atom. The van der Waals surface area contributed by atoms with Crippen LogP contribution < -0.4 is 10.0 Å². The Morgan fingerprint density at radius 2 is 2.11 bits per heavy atom. The third-order valence-corrected chi connectivity index (χ3v) is 6.16. The molecule has 0 atom stereocenters. The van der Waals surface area contributed by atoms with E-state index in [0.29, 0.717) is 10.8 Å². The standard InChI is InChI=1S/C12H20N2O2S2/c1-13-8-7-11-4-5-12(17-11)18(15,16)14-9-6-10-2-3-10/h4-5,10,13-14H,2-3,6-9H2,1H3.